The fraction of sp³-hybridized carbons (Fsp3) is 0.571. The lowest BCUT2D eigenvalue weighted by Crippen LogP contribution is -2.26. The van der Waals surface area contributed by atoms with Gasteiger partial charge in [-0.1, -0.05) is 38.5 Å². The molecule has 84 valence electrons. The Kier molecular flexibility index (Phi) is 4.34. The van der Waals surface area contributed by atoms with Crippen LogP contribution >= 0.6 is 0 Å². The minimum Gasteiger partial charge on any atom is -0.327 e. The number of aryl methyl sites for hydroxylation is 2. The summed E-state index contributed by atoms with van der Waals surface area (Å²) in [5.74, 6) is 0.462. The van der Waals surface area contributed by atoms with Crippen LogP contribution in [0.2, 0.25) is 0 Å². The summed E-state index contributed by atoms with van der Waals surface area (Å²) in [6, 6.07) is 6.97. The Morgan fingerprint density at radius 2 is 1.87 bits per heavy atom. The van der Waals surface area contributed by atoms with Crippen LogP contribution in [0.3, 0.4) is 0 Å². The van der Waals surface area contributed by atoms with Crippen LogP contribution < -0.4 is 5.73 Å². The molecular weight excluding hydrogens is 182 g/mol. The summed E-state index contributed by atoms with van der Waals surface area (Å²) in [4.78, 5) is 0. The van der Waals surface area contributed by atoms with E-state index >= 15 is 0 Å². The van der Waals surface area contributed by atoms with Crippen molar-refractivity contribution in [3.63, 3.8) is 0 Å². The Morgan fingerprint density at radius 3 is 2.40 bits per heavy atom. The summed E-state index contributed by atoms with van der Waals surface area (Å²) in [5.41, 5.74) is 10.2. The molecule has 0 aromatic heterocycles. The summed E-state index contributed by atoms with van der Waals surface area (Å²) in [6.45, 7) is 8.73. The largest absolute Gasteiger partial charge is 0.327 e. The second-order valence-corrected chi connectivity index (χ2v) is 4.58. The van der Waals surface area contributed by atoms with E-state index in [1.165, 1.54) is 16.7 Å². The van der Waals surface area contributed by atoms with Crippen LogP contribution in [0.4, 0.5) is 0 Å². The van der Waals surface area contributed by atoms with Crippen LogP contribution in [0.15, 0.2) is 18.2 Å². The Hall–Kier alpha value is -0.820. The molecule has 1 heteroatoms. The molecule has 2 unspecified atom stereocenters. The quantitative estimate of drug-likeness (QED) is 0.799. The van der Waals surface area contributed by atoms with E-state index in [0.29, 0.717) is 5.92 Å². The molecule has 2 N–H and O–H groups in total. The summed E-state index contributed by atoms with van der Waals surface area (Å²) in [5, 5.41) is 0. The summed E-state index contributed by atoms with van der Waals surface area (Å²) in [7, 11) is 0. The van der Waals surface area contributed by atoms with Gasteiger partial charge < -0.3 is 5.73 Å². The van der Waals surface area contributed by atoms with Gasteiger partial charge in [0.05, 0.1) is 0 Å². The molecule has 1 aromatic carbocycles. The standard InChI is InChI=1S/C14H23N/c1-5-6-14(15)12(4)13-8-7-10(2)11(3)9-13/h7-9,12,14H,5-6,15H2,1-4H3. The molecule has 0 aliphatic rings. The van der Waals surface area contributed by atoms with E-state index in [1.807, 2.05) is 0 Å². The summed E-state index contributed by atoms with van der Waals surface area (Å²) in [6.07, 6.45) is 2.27. The number of benzene rings is 1. The molecule has 0 heterocycles. The zero-order valence-corrected chi connectivity index (χ0v) is 10.4. The highest BCUT2D eigenvalue weighted by atomic mass is 14.6. The van der Waals surface area contributed by atoms with Gasteiger partial charge in [0.25, 0.3) is 0 Å². The van der Waals surface area contributed by atoms with Gasteiger partial charge in [-0.25, -0.2) is 0 Å². The van der Waals surface area contributed by atoms with Crippen molar-refractivity contribution < 1.29 is 0 Å². The monoisotopic (exact) mass is 205 g/mol. The summed E-state index contributed by atoms with van der Waals surface area (Å²) >= 11 is 0. The third-order valence-corrected chi connectivity index (χ3v) is 3.32. The molecule has 0 radical (unpaired) electrons. The maximum atomic E-state index is 6.15. The number of rotatable bonds is 4. The topological polar surface area (TPSA) is 26.0 Å². The average molecular weight is 205 g/mol. The van der Waals surface area contributed by atoms with Crippen molar-refractivity contribution in [2.24, 2.45) is 5.73 Å². The second-order valence-electron chi connectivity index (χ2n) is 4.58. The van der Waals surface area contributed by atoms with E-state index in [-0.39, 0.29) is 6.04 Å². The van der Waals surface area contributed by atoms with Crippen molar-refractivity contribution >= 4 is 0 Å². The van der Waals surface area contributed by atoms with Crippen molar-refractivity contribution in [2.45, 2.75) is 52.5 Å². The van der Waals surface area contributed by atoms with Crippen LogP contribution in [-0.2, 0) is 0 Å². The molecular formula is C14H23N. The third-order valence-electron chi connectivity index (χ3n) is 3.32. The maximum absolute atomic E-state index is 6.15. The van der Waals surface area contributed by atoms with Gasteiger partial charge in [0.2, 0.25) is 0 Å². The van der Waals surface area contributed by atoms with Crippen molar-refractivity contribution in [2.75, 3.05) is 0 Å². The lowest BCUT2D eigenvalue weighted by molar-refractivity contribution is 0.522. The number of hydrogen-bond donors (Lipinski definition) is 1. The fourth-order valence-corrected chi connectivity index (χ4v) is 1.88. The molecule has 1 aromatic rings. The zero-order valence-electron chi connectivity index (χ0n) is 10.4. The lowest BCUT2D eigenvalue weighted by atomic mass is 9.89. The van der Waals surface area contributed by atoms with Crippen LogP contribution in [0.25, 0.3) is 0 Å². The van der Waals surface area contributed by atoms with Crippen LogP contribution in [0.1, 0.15) is 49.3 Å². The highest BCUT2D eigenvalue weighted by Crippen LogP contribution is 2.22. The molecule has 2 atom stereocenters. The van der Waals surface area contributed by atoms with Crippen molar-refractivity contribution in [1.29, 1.82) is 0 Å². The first-order chi connectivity index (χ1) is 7.06. The predicted molar refractivity (Wildman–Crippen MR) is 67.2 cm³/mol. The van der Waals surface area contributed by atoms with E-state index in [1.54, 1.807) is 0 Å². The SMILES string of the molecule is CCCC(N)C(C)c1ccc(C)c(C)c1. The second kappa shape index (κ2) is 5.32. The van der Waals surface area contributed by atoms with Gasteiger partial charge >= 0.3 is 0 Å². The van der Waals surface area contributed by atoms with Gasteiger partial charge in [-0.2, -0.15) is 0 Å². The third kappa shape index (κ3) is 3.07. The minimum atomic E-state index is 0.289. The van der Waals surface area contributed by atoms with Crippen molar-refractivity contribution in [3.8, 4) is 0 Å². The normalized spacial score (nSPS) is 15.0. The van der Waals surface area contributed by atoms with Crippen LogP contribution in [0, 0.1) is 13.8 Å². The van der Waals surface area contributed by atoms with Crippen LogP contribution in [-0.4, -0.2) is 6.04 Å². The molecule has 0 saturated carbocycles. The van der Waals surface area contributed by atoms with E-state index in [0.717, 1.165) is 12.8 Å². The number of nitrogens with two attached hydrogens (primary N) is 1. The first kappa shape index (κ1) is 12.3. The molecule has 0 saturated heterocycles. The maximum Gasteiger partial charge on any atom is 0.0105 e. The van der Waals surface area contributed by atoms with Gasteiger partial charge in [-0.15, -0.1) is 0 Å². The van der Waals surface area contributed by atoms with E-state index in [9.17, 15) is 0 Å². The van der Waals surface area contributed by atoms with Crippen molar-refractivity contribution in [1.82, 2.24) is 0 Å². The number of hydrogen-bond acceptors (Lipinski definition) is 1. The Morgan fingerprint density at radius 1 is 1.20 bits per heavy atom. The predicted octanol–water partition coefficient (Wildman–Crippen LogP) is 3.53. The van der Waals surface area contributed by atoms with E-state index in [2.05, 4.69) is 45.9 Å². The van der Waals surface area contributed by atoms with E-state index in [4.69, 9.17) is 5.73 Å². The first-order valence-corrected chi connectivity index (χ1v) is 5.89. The molecule has 1 rings (SSSR count). The van der Waals surface area contributed by atoms with Gasteiger partial charge in [-0.3, -0.25) is 0 Å². The highest BCUT2D eigenvalue weighted by Gasteiger charge is 2.14. The van der Waals surface area contributed by atoms with Gasteiger partial charge in [0.1, 0.15) is 0 Å². The lowest BCUT2D eigenvalue weighted by Gasteiger charge is -2.20. The molecule has 0 fully saturated rings. The molecule has 0 spiro atoms. The van der Waals surface area contributed by atoms with Gasteiger partial charge in [0.15, 0.2) is 0 Å². The Balaban J connectivity index is 2.81. The zero-order chi connectivity index (χ0) is 11.4. The molecule has 0 aliphatic carbocycles. The van der Waals surface area contributed by atoms with Crippen LogP contribution in [0.5, 0.6) is 0 Å². The minimum absolute atomic E-state index is 0.289. The molecule has 0 bridgehead atoms. The Labute approximate surface area is 93.7 Å². The van der Waals surface area contributed by atoms with E-state index < -0.39 is 0 Å². The molecule has 0 amide bonds. The smallest absolute Gasteiger partial charge is 0.0105 e. The summed E-state index contributed by atoms with van der Waals surface area (Å²) < 4.78 is 0. The first-order valence-electron chi connectivity index (χ1n) is 5.89. The highest BCUT2D eigenvalue weighted by molar-refractivity contribution is 5.32. The van der Waals surface area contributed by atoms with Crippen molar-refractivity contribution in [3.05, 3.63) is 34.9 Å². The van der Waals surface area contributed by atoms with Gasteiger partial charge in [-0.05, 0) is 42.9 Å². The molecule has 15 heavy (non-hydrogen) atoms. The van der Waals surface area contributed by atoms with Gasteiger partial charge in [0, 0.05) is 6.04 Å². The molecule has 0 aliphatic heterocycles. The molecule has 1 nitrogen and oxygen atoms in total. The fourth-order valence-electron chi connectivity index (χ4n) is 1.88. The Bertz CT molecular complexity index is 317. The average Bonchev–Trinajstić information content (AvgIpc) is 2.21.